The van der Waals surface area contributed by atoms with Crippen molar-refractivity contribution in [1.29, 1.82) is 0 Å². The molecule has 25 heavy (non-hydrogen) atoms. The summed E-state index contributed by atoms with van der Waals surface area (Å²) in [6, 6.07) is 5.90. The van der Waals surface area contributed by atoms with E-state index in [4.69, 9.17) is 0 Å². The largest absolute Gasteiger partial charge is 0.435 e. The number of benzene rings is 1. The van der Waals surface area contributed by atoms with Gasteiger partial charge in [0.2, 0.25) is 11.8 Å². The molecule has 2 aromatic rings. The highest BCUT2D eigenvalue weighted by Crippen LogP contribution is 2.25. The number of carbonyl (C=O) groups is 2. The van der Waals surface area contributed by atoms with Gasteiger partial charge in [0.15, 0.2) is 0 Å². The number of hydrogen-bond donors (Lipinski definition) is 0. The summed E-state index contributed by atoms with van der Waals surface area (Å²) in [5, 5.41) is 4.06. The molecule has 1 aromatic carbocycles. The number of ether oxygens (including phenoxy) is 1. The molecule has 0 radical (unpaired) electrons. The fourth-order valence-corrected chi connectivity index (χ4v) is 2.90. The third-order valence-electron chi connectivity index (χ3n) is 4.07. The maximum atomic E-state index is 12.5. The minimum Gasteiger partial charge on any atom is -0.435 e. The molecule has 3 rings (SSSR count). The van der Waals surface area contributed by atoms with Crippen molar-refractivity contribution in [3.8, 4) is 5.75 Å². The summed E-state index contributed by atoms with van der Waals surface area (Å²) in [5.41, 5.74) is 1.58. The molecule has 2 amide bonds. The Morgan fingerprint density at radius 3 is 2.56 bits per heavy atom. The number of rotatable bonds is 6. The normalized spacial score (nSPS) is 17.6. The quantitative estimate of drug-likeness (QED) is 0.750. The summed E-state index contributed by atoms with van der Waals surface area (Å²) in [6.07, 6.45) is 4.14. The van der Waals surface area contributed by atoms with Crippen molar-refractivity contribution >= 4 is 11.8 Å². The second-order valence-electron chi connectivity index (χ2n) is 5.97. The second-order valence-corrected chi connectivity index (χ2v) is 5.97. The lowest BCUT2D eigenvalue weighted by molar-refractivity contribution is -0.140. The van der Waals surface area contributed by atoms with Gasteiger partial charge in [-0.1, -0.05) is 12.1 Å². The summed E-state index contributed by atoms with van der Waals surface area (Å²) in [6.45, 7) is -2.77. The summed E-state index contributed by atoms with van der Waals surface area (Å²) in [5.74, 6) is -0.807. The monoisotopic (exact) mass is 349 g/mol. The van der Waals surface area contributed by atoms with Gasteiger partial charge in [0.25, 0.3) is 0 Å². The molecular weight excluding hydrogens is 332 g/mol. The zero-order chi connectivity index (χ0) is 18.0. The van der Waals surface area contributed by atoms with Crippen LogP contribution in [0.25, 0.3) is 0 Å². The van der Waals surface area contributed by atoms with Crippen molar-refractivity contribution in [2.75, 3.05) is 0 Å². The predicted molar refractivity (Wildman–Crippen MR) is 83.7 cm³/mol. The molecule has 1 aliphatic heterocycles. The van der Waals surface area contributed by atoms with Crippen molar-refractivity contribution in [2.24, 2.45) is 13.0 Å². The zero-order valence-corrected chi connectivity index (χ0v) is 13.6. The Bertz CT molecular complexity index is 774. The first-order valence-electron chi connectivity index (χ1n) is 7.78. The molecule has 1 saturated heterocycles. The third-order valence-corrected chi connectivity index (χ3v) is 4.07. The summed E-state index contributed by atoms with van der Waals surface area (Å²) in [4.78, 5) is 25.9. The first-order valence-corrected chi connectivity index (χ1v) is 7.78. The number of aromatic nitrogens is 2. The van der Waals surface area contributed by atoms with Gasteiger partial charge in [0.1, 0.15) is 5.75 Å². The molecule has 8 heteroatoms. The first-order chi connectivity index (χ1) is 11.9. The fraction of sp³-hybridized carbons (Fsp3) is 0.353. The van der Waals surface area contributed by atoms with Crippen molar-refractivity contribution in [2.45, 2.75) is 26.0 Å². The molecule has 6 nitrogen and oxygen atoms in total. The van der Waals surface area contributed by atoms with E-state index in [1.54, 1.807) is 30.1 Å². The molecule has 0 spiro atoms. The Kier molecular flexibility index (Phi) is 4.78. The smallest absolute Gasteiger partial charge is 0.387 e. The van der Waals surface area contributed by atoms with Gasteiger partial charge < -0.3 is 4.74 Å². The Morgan fingerprint density at radius 1 is 1.24 bits per heavy atom. The molecule has 1 fully saturated rings. The Balaban J connectivity index is 1.64. The van der Waals surface area contributed by atoms with Crippen LogP contribution in [-0.2, 0) is 29.6 Å². The Morgan fingerprint density at radius 2 is 1.96 bits per heavy atom. The van der Waals surface area contributed by atoms with Crippen molar-refractivity contribution in [3.05, 3.63) is 47.8 Å². The van der Waals surface area contributed by atoms with Gasteiger partial charge in [-0.25, -0.2) is 0 Å². The van der Waals surface area contributed by atoms with Crippen LogP contribution in [0.5, 0.6) is 5.75 Å². The number of aryl methyl sites for hydroxylation is 1. The van der Waals surface area contributed by atoms with Crippen LogP contribution in [0.3, 0.4) is 0 Å². The van der Waals surface area contributed by atoms with E-state index >= 15 is 0 Å². The lowest BCUT2D eigenvalue weighted by atomic mass is 10.0. The van der Waals surface area contributed by atoms with E-state index in [0.717, 1.165) is 5.56 Å². The molecule has 0 aliphatic carbocycles. The highest BCUT2D eigenvalue weighted by molar-refractivity contribution is 6.03. The first kappa shape index (κ1) is 17.1. The van der Waals surface area contributed by atoms with Crippen LogP contribution >= 0.6 is 0 Å². The molecule has 0 N–H and O–H groups in total. The van der Waals surface area contributed by atoms with Gasteiger partial charge in [-0.2, -0.15) is 13.9 Å². The summed E-state index contributed by atoms with van der Waals surface area (Å²) >= 11 is 0. The average Bonchev–Trinajstić information content (AvgIpc) is 3.07. The second kappa shape index (κ2) is 7.00. The van der Waals surface area contributed by atoms with Gasteiger partial charge in [0.05, 0.1) is 18.7 Å². The summed E-state index contributed by atoms with van der Waals surface area (Å²) in [7, 11) is 1.79. The van der Waals surface area contributed by atoms with E-state index in [0.29, 0.717) is 12.0 Å². The highest BCUT2D eigenvalue weighted by Gasteiger charge is 2.38. The number of halogens is 2. The van der Waals surface area contributed by atoms with Crippen LogP contribution < -0.4 is 4.74 Å². The van der Waals surface area contributed by atoms with Crippen molar-refractivity contribution < 1.29 is 23.1 Å². The third kappa shape index (κ3) is 4.01. The van der Waals surface area contributed by atoms with Crippen LogP contribution in [0.4, 0.5) is 8.78 Å². The number of nitrogens with zero attached hydrogens (tertiary/aromatic N) is 3. The number of alkyl halides is 2. The molecule has 1 atom stereocenters. The minimum absolute atomic E-state index is 0.0345. The SMILES string of the molecule is Cn1cc(C[C@H]2CC(=O)N(Cc3ccc(OC(F)F)cc3)C2=O)cn1. The molecule has 0 unspecified atom stereocenters. The van der Waals surface area contributed by atoms with E-state index in [1.165, 1.54) is 17.0 Å². The number of carbonyl (C=O) groups excluding carboxylic acids is 2. The van der Waals surface area contributed by atoms with Crippen molar-refractivity contribution in [1.82, 2.24) is 14.7 Å². The molecule has 132 valence electrons. The van der Waals surface area contributed by atoms with Gasteiger partial charge in [-0.05, 0) is 29.7 Å². The average molecular weight is 349 g/mol. The Labute approximate surface area is 143 Å². The topological polar surface area (TPSA) is 64.4 Å². The van der Waals surface area contributed by atoms with Crippen LogP contribution in [0, 0.1) is 5.92 Å². The van der Waals surface area contributed by atoms with E-state index < -0.39 is 12.5 Å². The standard InChI is InChI=1S/C17H17F2N3O3/c1-21-9-12(8-20-21)6-13-7-15(23)22(16(13)24)10-11-2-4-14(5-3-11)25-17(18)19/h2-5,8-9,13,17H,6-7,10H2,1H3/t13-/m0/s1. The predicted octanol–water partition coefficient (Wildman–Crippen LogP) is 2.14. The molecule has 0 saturated carbocycles. The number of hydrogen-bond acceptors (Lipinski definition) is 4. The van der Waals surface area contributed by atoms with Gasteiger partial charge in [-0.3, -0.25) is 19.2 Å². The van der Waals surface area contributed by atoms with Gasteiger partial charge in [-0.15, -0.1) is 0 Å². The van der Waals surface area contributed by atoms with E-state index in [2.05, 4.69) is 9.84 Å². The van der Waals surface area contributed by atoms with E-state index in [1.807, 2.05) is 6.20 Å². The fourth-order valence-electron chi connectivity index (χ4n) is 2.90. The maximum absolute atomic E-state index is 12.5. The maximum Gasteiger partial charge on any atom is 0.387 e. The van der Waals surface area contributed by atoms with Crippen LogP contribution in [0.2, 0.25) is 0 Å². The molecule has 0 bridgehead atoms. The van der Waals surface area contributed by atoms with E-state index in [-0.39, 0.29) is 30.5 Å². The number of imide groups is 1. The van der Waals surface area contributed by atoms with Crippen LogP contribution in [-0.4, -0.2) is 33.1 Å². The zero-order valence-electron chi connectivity index (χ0n) is 13.6. The lowest BCUT2D eigenvalue weighted by Crippen LogP contribution is -2.30. The van der Waals surface area contributed by atoms with Gasteiger partial charge in [0, 0.05) is 19.7 Å². The minimum atomic E-state index is -2.89. The molecule has 2 heterocycles. The number of amides is 2. The van der Waals surface area contributed by atoms with Crippen molar-refractivity contribution in [3.63, 3.8) is 0 Å². The van der Waals surface area contributed by atoms with Crippen LogP contribution in [0.1, 0.15) is 17.5 Å². The van der Waals surface area contributed by atoms with Crippen LogP contribution in [0.15, 0.2) is 36.7 Å². The molecule has 1 aliphatic rings. The lowest BCUT2D eigenvalue weighted by Gasteiger charge is -2.15. The summed E-state index contributed by atoms with van der Waals surface area (Å²) < 4.78 is 30.2. The molecule has 1 aromatic heterocycles. The number of likely N-dealkylation sites (tertiary alicyclic amines) is 1. The Hall–Kier alpha value is -2.77. The highest BCUT2D eigenvalue weighted by atomic mass is 19.3. The van der Waals surface area contributed by atoms with Gasteiger partial charge >= 0.3 is 6.61 Å². The van der Waals surface area contributed by atoms with E-state index in [9.17, 15) is 18.4 Å². The molecular formula is C17H17F2N3O3.